The van der Waals surface area contributed by atoms with Crippen LogP contribution in [0.5, 0.6) is 5.75 Å². The Morgan fingerprint density at radius 1 is 0.975 bits per heavy atom. The number of halogens is 2. The second kappa shape index (κ2) is 14.0. The molecular formula is C29H33BrClN3O5S. The molecule has 214 valence electrons. The summed E-state index contributed by atoms with van der Waals surface area (Å²) in [5, 5.41) is 3.34. The van der Waals surface area contributed by atoms with Crippen molar-refractivity contribution in [2.24, 2.45) is 0 Å². The number of hydrogen-bond acceptors (Lipinski definition) is 5. The first-order chi connectivity index (χ1) is 19.0. The van der Waals surface area contributed by atoms with Crippen molar-refractivity contribution in [2.75, 3.05) is 18.0 Å². The van der Waals surface area contributed by atoms with E-state index in [0.29, 0.717) is 10.8 Å². The maximum atomic E-state index is 13.9. The van der Waals surface area contributed by atoms with Crippen molar-refractivity contribution in [3.05, 3.63) is 87.9 Å². The lowest BCUT2D eigenvalue weighted by Crippen LogP contribution is -2.52. The Labute approximate surface area is 249 Å². The van der Waals surface area contributed by atoms with Crippen molar-refractivity contribution in [1.82, 2.24) is 10.2 Å². The smallest absolute Gasteiger partial charge is 0.264 e. The average Bonchev–Trinajstić information content (AvgIpc) is 2.95. The number of amides is 2. The summed E-state index contributed by atoms with van der Waals surface area (Å²) < 4.78 is 34.8. The summed E-state index contributed by atoms with van der Waals surface area (Å²) in [6.07, 6.45) is 0.726. The molecule has 0 radical (unpaired) electrons. The molecule has 8 nitrogen and oxygen atoms in total. The standard InChI is InChI=1S/C29H33BrClN3O5S/c1-5-20(2)32-29(36)21(3)33(18-22-6-8-23(30)9-7-22)28(35)19-34(25-12-10-24(31)11-13-25)40(37,38)27-16-14-26(39-4)15-17-27/h6-17,20-21H,5,18-19H2,1-4H3,(H,32,36)/t20-,21-/m1/s1. The van der Waals surface area contributed by atoms with E-state index >= 15 is 0 Å². The second-order valence-corrected chi connectivity index (χ2v) is 12.5. The topological polar surface area (TPSA) is 96.0 Å². The minimum absolute atomic E-state index is 0.0157. The maximum Gasteiger partial charge on any atom is 0.264 e. The zero-order valence-corrected chi connectivity index (χ0v) is 26.0. The van der Waals surface area contributed by atoms with E-state index in [1.54, 1.807) is 19.1 Å². The number of carbonyl (C=O) groups excluding carboxylic acids is 2. The van der Waals surface area contributed by atoms with Gasteiger partial charge >= 0.3 is 0 Å². The largest absolute Gasteiger partial charge is 0.497 e. The van der Waals surface area contributed by atoms with Gasteiger partial charge in [-0.1, -0.05) is 46.6 Å². The summed E-state index contributed by atoms with van der Waals surface area (Å²) in [6.45, 7) is 5.05. The molecule has 0 aromatic heterocycles. The van der Waals surface area contributed by atoms with Crippen molar-refractivity contribution in [1.29, 1.82) is 0 Å². The van der Waals surface area contributed by atoms with Gasteiger partial charge in [-0.25, -0.2) is 8.42 Å². The fourth-order valence-electron chi connectivity index (χ4n) is 3.85. The van der Waals surface area contributed by atoms with E-state index in [2.05, 4.69) is 21.2 Å². The van der Waals surface area contributed by atoms with Crippen LogP contribution < -0.4 is 14.4 Å². The summed E-state index contributed by atoms with van der Waals surface area (Å²) in [6, 6.07) is 18.5. The number of ether oxygens (including phenoxy) is 1. The summed E-state index contributed by atoms with van der Waals surface area (Å²) in [7, 11) is -2.70. The lowest BCUT2D eigenvalue weighted by Gasteiger charge is -2.32. The minimum Gasteiger partial charge on any atom is -0.497 e. The van der Waals surface area contributed by atoms with Gasteiger partial charge in [-0.2, -0.15) is 0 Å². The van der Waals surface area contributed by atoms with Crippen LogP contribution in [-0.2, 0) is 26.2 Å². The van der Waals surface area contributed by atoms with Gasteiger partial charge in [-0.3, -0.25) is 13.9 Å². The lowest BCUT2D eigenvalue weighted by molar-refractivity contribution is -0.139. The zero-order valence-electron chi connectivity index (χ0n) is 22.8. The number of hydrogen-bond donors (Lipinski definition) is 1. The van der Waals surface area contributed by atoms with Gasteiger partial charge in [0.1, 0.15) is 18.3 Å². The van der Waals surface area contributed by atoms with Gasteiger partial charge in [-0.15, -0.1) is 0 Å². The predicted octanol–water partition coefficient (Wildman–Crippen LogP) is 5.64. The van der Waals surface area contributed by atoms with Crippen LogP contribution in [0.1, 0.15) is 32.8 Å². The van der Waals surface area contributed by atoms with Crippen LogP contribution in [0, 0.1) is 0 Å². The summed E-state index contributed by atoms with van der Waals surface area (Å²) in [5.41, 5.74) is 1.05. The highest BCUT2D eigenvalue weighted by Gasteiger charge is 2.32. The van der Waals surface area contributed by atoms with Crippen LogP contribution in [0.25, 0.3) is 0 Å². The number of sulfonamides is 1. The van der Waals surface area contributed by atoms with Crippen LogP contribution in [-0.4, -0.2) is 50.9 Å². The Kier molecular flexibility index (Phi) is 11.0. The third kappa shape index (κ3) is 7.99. The van der Waals surface area contributed by atoms with E-state index in [-0.39, 0.29) is 29.1 Å². The maximum absolute atomic E-state index is 13.9. The Morgan fingerprint density at radius 3 is 2.12 bits per heavy atom. The fourth-order valence-corrected chi connectivity index (χ4v) is 5.65. The molecule has 11 heteroatoms. The van der Waals surface area contributed by atoms with Crippen LogP contribution in [0.15, 0.2) is 82.2 Å². The van der Waals surface area contributed by atoms with Gasteiger partial charge in [-0.05, 0) is 86.5 Å². The third-order valence-electron chi connectivity index (χ3n) is 6.48. The van der Waals surface area contributed by atoms with Crippen LogP contribution >= 0.6 is 27.5 Å². The molecular weight excluding hydrogens is 618 g/mol. The number of anilines is 1. The highest BCUT2D eigenvalue weighted by Crippen LogP contribution is 2.27. The molecule has 0 fully saturated rings. The molecule has 1 N–H and O–H groups in total. The third-order valence-corrected chi connectivity index (χ3v) is 9.04. The minimum atomic E-state index is -4.19. The molecule has 3 rings (SSSR count). The molecule has 0 heterocycles. The van der Waals surface area contributed by atoms with E-state index in [9.17, 15) is 18.0 Å². The molecule has 2 amide bonds. The highest BCUT2D eigenvalue weighted by atomic mass is 79.9. The molecule has 0 saturated carbocycles. The Hall–Kier alpha value is -3.08. The second-order valence-electron chi connectivity index (χ2n) is 9.31. The quantitative estimate of drug-likeness (QED) is 0.274. The molecule has 0 unspecified atom stereocenters. The van der Waals surface area contributed by atoms with Gasteiger partial charge in [0.15, 0.2) is 0 Å². The van der Waals surface area contributed by atoms with Crippen molar-refractivity contribution < 1.29 is 22.7 Å². The Bertz CT molecular complexity index is 1400. The van der Waals surface area contributed by atoms with Crippen LogP contribution in [0.3, 0.4) is 0 Å². The fraction of sp³-hybridized carbons (Fsp3) is 0.310. The Morgan fingerprint density at radius 2 is 1.57 bits per heavy atom. The molecule has 0 aliphatic carbocycles. The van der Waals surface area contributed by atoms with Gasteiger partial charge in [0, 0.05) is 22.1 Å². The van der Waals surface area contributed by atoms with Crippen LogP contribution in [0.4, 0.5) is 5.69 Å². The zero-order chi connectivity index (χ0) is 29.4. The van der Waals surface area contributed by atoms with E-state index < -0.39 is 28.5 Å². The molecule has 2 atom stereocenters. The molecule has 0 spiro atoms. The predicted molar refractivity (Wildman–Crippen MR) is 161 cm³/mol. The van der Waals surface area contributed by atoms with E-state index in [4.69, 9.17) is 16.3 Å². The average molecular weight is 651 g/mol. The van der Waals surface area contributed by atoms with E-state index in [1.165, 1.54) is 48.4 Å². The molecule has 3 aromatic carbocycles. The first-order valence-electron chi connectivity index (χ1n) is 12.7. The summed E-state index contributed by atoms with van der Waals surface area (Å²) in [5.74, 6) is -0.368. The van der Waals surface area contributed by atoms with Gasteiger partial charge in [0.05, 0.1) is 17.7 Å². The molecule has 3 aromatic rings. The van der Waals surface area contributed by atoms with Crippen LogP contribution in [0.2, 0.25) is 5.02 Å². The number of nitrogens with zero attached hydrogens (tertiary/aromatic N) is 2. The first kappa shape index (κ1) is 31.4. The molecule has 0 aliphatic rings. The molecule has 0 aliphatic heterocycles. The summed E-state index contributed by atoms with van der Waals surface area (Å²) >= 11 is 9.47. The number of benzene rings is 3. The Balaban J connectivity index is 2.01. The van der Waals surface area contributed by atoms with Gasteiger partial charge in [0.2, 0.25) is 11.8 Å². The number of methoxy groups -OCH3 is 1. The van der Waals surface area contributed by atoms with E-state index in [1.807, 2.05) is 38.1 Å². The number of carbonyl (C=O) groups is 2. The van der Waals surface area contributed by atoms with Crippen molar-refractivity contribution in [2.45, 2.75) is 50.7 Å². The lowest BCUT2D eigenvalue weighted by atomic mass is 10.1. The monoisotopic (exact) mass is 649 g/mol. The number of rotatable bonds is 12. The van der Waals surface area contributed by atoms with Crippen molar-refractivity contribution in [3.8, 4) is 5.75 Å². The first-order valence-corrected chi connectivity index (χ1v) is 15.3. The molecule has 40 heavy (non-hydrogen) atoms. The van der Waals surface area contributed by atoms with Crippen molar-refractivity contribution in [3.63, 3.8) is 0 Å². The normalized spacial score (nSPS) is 12.8. The van der Waals surface area contributed by atoms with Gasteiger partial charge in [0.25, 0.3) is 10.0 Å². The highest BCUT2D eigenvalue weighted by molar-refractivity contribution is 9.10. The number of nitrogens with one attached hydrogen (secondary N) is 1. The SMILES string of the molecule is CC[C@@H](C)NC(=O)[C@@H](C)N(Cc1ccc(Br)cc1)C(=O)CN(c1ccc(Cl)cc1)S(=O)(=O)c1ccc(OC)cc1. The van der Waals surface area contributed by atoms with Gasteiger partial charge < -0.3 is 15.0 Å². The molecule has 0 bridgehead atoms. The summed E-state index contributed by atoms with van der Waals surface area (Å²) in [4.78, 5) is 28.4. The molecule has 0 saturated heterocycles. The van der Waals surface area contributed by atoms with E-state index in [0.717, 1.165) is 20.8 Å². The van der Waals surface area contributed by atoms with Crippen molar-refractivity contribution >= 4 is 55.1 Å².